The first kappa shape index (κ1) is 15.4. The number of benzene rings is 1. The molecule has 1 aromatic rings. The second kappa shape index (κ2) is 6.50. The van der Waals surface area contributed by atoms with Gasteiger partial charge in [-0.1, -0.05) is 0 Å². The van der Waals surface area contributed by atoms with Crippen LogP contribution in [-0.2, 0) is 10.0 Å². The molecule has 0 radical (unpaired) electrons. The summed E-state index contributed by atoms with van der Waals surface area (Å²) in [5, 5.41) is 20.6. The van der Waals surface area contributed by atoms with Crippen molar-refractivity contribution in [2.75, 3.05) is 25.5 Å². The lowest BCUT2D eigenvalue weighted by Gasteiger charge is -2.11. The van der Waals surface area contributed by atoms with E-state index in [0.717, 1.165) is 6.07 Å². The van der Waals surface area contributed by atoms with E-state index in [-0.39, 0.29) is 17.1 Å². The Kier molecular flexibility index (Phi) is 5.28. The number of carboxylic acid groups (broad SMARTS) is 1. The highest BCUT2D eigenvalue weighted by molar-refractivity contribution is 7.89. The molecule has 0 amide bonds. The first-order valence-corrected chi connectivity index (χ1v) is 7.06. The van der Waals surface area contributed by atoms with Crippen LogP contribution in [0.1, 0.15) is 16.8 Å². The maximum Gasteiger partial charge on any atom is 0.337 e. The third kappa shape index (κ3) is 3.91. The van der Waals surface area contributed by atoms with Gasteiger partial charge in [-0.15, -0.1) is 0 Å². The Morgan fingerprint density at radius 3 is 2.58 bits per heavy atom. The highest BCUT2D eigenvalue weighted by atomic mass is 32.2. The molecule has 0 atom stereocenters. The normalized spacial score (nSPS) is 11.3. The number of carboxylic acids is 1. The highest BCUT2D eigenvalue weighted by Crippen LogP contribution is 2.20. The van der Waals surface area contributed by atoms with E-state index < -0.39 is 16.0 Å². The molecular formula is C11H16N2O5S. The second-order valence-corrected chi connectivity index (χ2v) is 5.61. The van der Waals surface area contributed by atoms with E-state index in [2.05, 4.69) is 10.0 Å². The van der Waals surface area contributed by atoms with Crippen molar-refractivity contribution in [3.8, 4) is 0 Å². The van der Waals surface area contributed by atoms with Gasteiger partial charge >= 0.3 is 5.97 Å². The van der Waals surface area contributed by atoms with Crippen LogP contribution in [0.2, 0.25) is 0 Å². The van der Waals surface area contributed by atoms with Gasteiger partial charge in [0.25, 0.3) is 0 Å². The van der Waals surface area contributed by atoms with Crippen LogP contribution in [0.3, 0.4) is 0 Å². The van der Waals surface area contributed by atoms with E-state index in [1.54, 1.807) is 0 Å². The molecule has 1 aromatic carbocycles. The van der Waals surface area contributed by atoms with Gasteiger partial charge in [0, 0.05) is 18.8 Å². The van der Waals surface area contributed by atoms with Crippen LogP contribution in [0.25, 0.3) is 0 Å². The Labute approximate surface area is 111 Å². The SMILES string of the molecule is CNS(=O)(=O)c1ccc(NCCCO)c(C(=O)O)c1. The lowest BCUT2D eigenvalue weighted by molar-refractivity contribution is 0.0697. The Balaban J connectivity index is 3.12. The summed E-state index contributed by atoms with van der Waals surface area (Å²) in [7, 11) is -2.42. The van der Waals surface area contributed by atoms with Gasteiger partial charge in [0.15, 0.2) is 0 Å². The standard InChI is InChI=1S/C11H16N2O5S/c1-12-19(17,18)8-3-4-10(13-5-2-6-14)9(7-8)11(15)16/h3-4,7,12-14H,2,5-6H2,1H3,(H,15,16). The van der Waals surface area contributed by atoms with Crippen molar-refractivity contribution in [1.29, 1.82) is 0 Å². The Morgan fingerprint density at radius 2 is 2.05 bits per heavy atom. The fourth-order valence-electron chi connectivity index (χ4n) is 1.44. The lowest BCUT2D eigenvalue weighted by atomic mass is 10.2. The number of hydrogen-bond donors (Lipinski definition) is 4. The number of aromatic carboxylic acids is 1. The van der Waals surface area contributed by atoms with Gasteiger partial charge in [-0.05, 0) is 31.7 Å². The molecule has 7 nitrogen and oxygen atoms in total. The molecule has 1 rings (SSSR count). The van der Waals surface area contributed by atoms with Crippen LogP contribution in [-0.4, -0.2) is 44.8 Å². The summed E-state index contributed by atoms with van der Waals surface area (Å²) in [5.74, 6) is -1.22. The first-order chi connectivity index (χ1) is 8.92. The Morgan fingerprint density at radius 1 is 1.37 bits per heavy atom. The van der Waals surface area contributed by atoms with E-state index >= 15 is 0 Å². The molecule has 4 N–H and O–H groups in total. The zero-order valence-corrected chi connectivity index (χ0v) is 11.2. The van der Waals surface area contributed by atoms with Gasteiger partial charge in [0.1, 0.15) is 0 Å². The molecule has 8 heteroatoms. The van der Waals surface area contributed by atoms with E-state index in [0.29, 0.717) is 18.7 Å². The largest absolute Gasteiger partial charge is 0.478 e. The smallest absolute Gasteiger partial charge is 0.337 e. The van der Waals surface area contributed by atoms with Gasteiger partial charge in [-0.25, -0.2) is 17.9 Å². The summed E-state index contributed by atoms with van der Waals surface area (Å²) in [5.41, 5.74) is 0.185. The molecule has 0 bridgehead atoms. The number of anilines is 1. The molecule has 106 valence electrons. The van der Waals surface area contributed by atoms with E-state index in [1.165, 1.54) is 19.2 Å². The number of aliphatic hydroxyl groups is 1. The van der Waals surface area contributed by atoms with Crippen LogP contribution in [0, 0.1) is 0 Å². The quantitative estimate of drug-likeness (QED) is 0.528. The van der Waals surface area contributed by atoms with Crippen molar-refractivity contribution in [3.05, 3.63) is 23.8 Å². The molecule has 0 saturated carbocycles. The third-order valence-electron chi connectivity index (χ3n) is 2.45. The Hall–Kier alpha value is -1.64. The number of carbonyl (C=O) groups is 1. The van der Waals surface area contributed by atoms with Gasteiger partial charge in [0.2, 0.25) is 10.0 Å². The highest BCUT2D eigenvalue weighted by Gasteiger charge is 2.17. The molecule has 0 aromatic heterocycles. The molecule has 0 heterocycles. The number of nitrogens with one attached hydrogen (secondary N) is 2. The van der Waals surface area contributed by atoms with Crippen molar-refractivity contribution in [2.24, 2.45) is 0 Å². The summed E-state index contributed by atoms with van der Waals surface area (Å²) >= 11 is 0. The predicted octanol–water partition coefficient (Wildman–Crippen LogP) is 0.0872. The summed E-state index contributed by atoms with van der Waals surface area (Å²) in [6.07, 6.45) is 0.468. The minimum Gasteiger partial charge on any atom is -0.478 e. The summed E-state index contributed by atoms with van der Waals surface area (Å²) in [6.45, 7) is 0.385. The van der Waals surface area contributed by atoms with Gasteiger partial charge in [-0.2, -0.15) is 0 Å². The number of rotatable bonds is 7. The summed E-state index contributed by atoms with van der Waals surface area (Å²) < 4.78 is 25.3. The molecule has 0 aliphatic carbocycles. The van der Waals surface area contributed by atoms with Crippen LogP contribution < -0.4 is 10.0 Å². The van der Waals surface area contributed by atoms with Crippen LogP contribution in [0.15, 0.2) is 23.1 Å². The summed E-state index contributed by atoms with van der Waals surface area (Å²) in [4.78, 5) is 11.0. The average molecular weight is 288 g/mol. The average Bonchev–Trinajstić information content (AvgIpc) is 2.39. The maximum atomic E-state index is 11.6. The van der Waals surface area contributed by atoms with E-state index in [4.69, 9.17) is 10.2 Å². The molecular weight excluding hydrogens is 272 g/mol. The number of aliphatic hydroxyl groups excluding tert-OH is 1. The zero-order valence-electron chi connectivity index (χ0n) is 10.4. The topological polar surface area (TPSA) is 116 Å². The summed E-state index contributed by atoms with van der Waals surface area (Å²) in [6, 6.07) is 3.81. The number of sulfonamides is 1. The second-order valence-electron chi connectivity index (χ2n) is 3.72. The number of hydrogen-bond acceptors (Lipinski definition) is 5. The molecule has 0 aliphatic heterocycles. The molecule has 0 unspecified atom stereocenters. The van der Waals surface area contributed by atoms with E-state index in [9.17, 15) is 13.2 Å². The lowest BCUT2D eigenvalue weighted by Crippen LogP contribution is -2.19. The van der Waals surface area contributed by atoms with E-state index in [1.807, 2.05) is 0 Å². The predicted molar refractivity (Wildman–Crippen MR) is 69.8 cm³/mol. The third-order valence-corrected chi connectivity index (χ3v) is 3.86. The molecule has 0 fully saturated rings. The Bertz CT molecular complexity index is 556. The fourth-order valence-corrected chi connectivity index (χ4v) is 2.20. The molecule has 19 heavy (non-hydrogen) atoms. The monoisotopic (exact) mass is 288 g/mol. The minimum absolute atomic E-state index is 0.0123. The maximum absolute atomic E-state index is 11.6. The van der Waals surface area contributed by atoms with Gasteiger partial charge in [-0.3, -0.25) is 0 Å². The van der Waals surface area contributed by atoms with Crippen LogP contribution in [0.4, 0.5) is 5.69 Å². The first-order valence-electron chi connectivity index (χ1n) is 5.58. The molecule has 0 saturated heterocycles. The van der Waals surface area contributed by atoms with Gasteiger partial charge in [0.05, 0.1) is 10.5 Å². The van der Waals surface area contributed by atoms with Crippen molar-refractivity contribution in [1.82, 2.24) is 4.72 Å². The molecule has 0 spiro atoms. The minimum atomic E-state index is -3.68. The van der Waals surface area contributed by atoms with Crippen molar-refractivity contribution in [2.45, 2.75) is 11.3 Å². The van der Waals surface area contributed by atoms with Crippen molar-refractivity contribution >= 4 is 21.7 Å². The fraction of sp³-hybridized carbons (Fsp3) is 0.364. The van der Waals surface area contributed by atoms with Gasteiger partial charge < -0.3 is 15.5 Å². The van der Waals surface area contributed by atoms with Crippen LogP contribution >= 0.6 is 0 Å². The zero-order chi connectivity index (χ0) is 14.5. The van der Waals surface area contributed by atoms with Crippen LogP contribution in [0.5, 0.6) is 0 Å². The molecule has 0 aliphatic rings. The van der Waals surface area contributed by atoms with Crippen molar-refractivity contribution < 1.29 is 23.4 Å². The van der Waals surface area contributed by atoms with Crippen molar-refractivity contribution in [3.63, 3.8) is 0 Å².